The second-order valence-electron chi connectivity index (χ2n) is 2.44. The molecule has 0 fully saturated rings. The molecule has 0 atom stereocenters. The van der Waals surface area contributed by atoms with E-state index < -0.39 is 12.1 Å². The van der Waals surface area contributed by atoms with Crippen LogP contribution in [0.3, 0.4) is 0 Å². The van der Waals surface area contributed by atoms with E-state index in [9.17, 15) is 13.6 Å². The Morgan fingerprint density at radius 3 is 2.64 bits per heavy atom. The molecule has 1 heterocycles. The molecule has 0 N–H and O–H groups in total. The molecule has 1 rings (SSSR count). The molecule has 0 spiro atoms. The van der Waals surface area contributed by atoms with Crippen molar-refractivity contribution in [1.29, 1.82) is 0 Å². The molecule has 76 valence electrons. The molecule has 0 aliphatic carbocycles. The highest BCUT2D eigenvalue weighted by atomic mass is 35.5. The summed E-state index contributed by atoms with van der Waals surface area (Å²) in [6.07, 6.45) is -1.46. The normalized spacial score (nSPS) is 10.6. The number of nitrogens with zero attached hydrogens (tertiary/aromatic N) is 1. The van der Waals surface area contributed by atoms with Crippen LogP contribution in [0.1, 0.15) is 28.0 Å². The molecule has 0 saturated carbocycles. The maximum Gasteiger partial charge on any atom is 0.281 e. The summed E-state index contributed by atoms with van der Waals surface area (Å²) in [5.41, 5.74) is -0.615. The van der Waals surface area contributed by atoms with Gasteiger partial charge in [-0.15, -0.1) is 11.6 Å². The third kappa shape index (κ3) is 2.01. The lowest BCUT2D eigenvalue weighted by Crippen LogP contribution is -2.02. The van der Waals surface area contributed by atoms with Crippen LogP contribution in [0.15, 0.2) is 6.20 Å². The molecule has 0 aromatic carbocycles. The van der Waals surface area contributed by atoms with E-state index in [0.29, 0.717) is 0 Å². The quantitative estimate of drug-likeness (QED) is 0.599. The zero-order valence-corrected chi connectivity index (χ0v) is 8.32. The van der Waals surface area contributed by atoms with E-state index in [1.54, 1.807) is 0 Å². The predicted molar refractivity (Wildman–Crippen MR) is 49.1 cm³/mol. The minimum atomic E-state index is -2.81. The van der Waals surface area contributed by atoms with E-state index in [-0.39, 0.29) is 28.3 Å². The smallest absolute Gasteiger partial charge is 0.281 e. The monoisotopic (exact) mass is 239 g/mol. The molecule has 2 nitrogen and oxygen atoms in total. The fraction of sp³-hybridized carbons (Fsp3) is 0.250. The number of halogens is 4. The van der Waals surface area contributed by atoms with Crippen molar-refractivity contribution in [2.45, 2.75) is 12.3 Å². The van der Waals surface area contributed by atoms with E-state index in [1.807, 2.05) is 0 Å². The Morgan fingerprint density at radius 2 is 2.21 bits per heavy atom. The maximum absolute atomic E-state index is 12.4. The molecule has 0 aliphatic rings. The minimum absolute atomic E-state index is 0.102. The van der Waals surface area contributed by atoms with Gasteiger partial charge in [0.2, 0.25) is 0 Å². The number of rotatable bonds is 3. The highest BCUT2D eigenvalue weighted by Crippen LogP contribution is 2.27. The van der Waals surface area contributed by atoms with Gasteiger partial charge in [0, 0.05) is 17.6 Å². The molecular weight excluding hydrogens is 235 g/mol. The van der Waals surface area contributed by atoms with Crippen LogP contribution < -0.4 is 0 Å². The highest BCUT2D eigenvalue weighted by molar-refractivity contribution is 6.32. The van der Waals surface area contributed by atoms with Crippen molar-refractivity contribution >= 4 is 29.5 Å². The predicted octanol–water partition coefficient (Wildman–Crippen LogP) is 3.22. The molecule has 6 heteroatoms. The molecule has 0 unspecified atom stereocenters. The summed E-state index contributed by atoms with van der Waals surface area (Å²) >= 11 is 11.1. The van der Waals surface area contributed by atoms with Gasteiger partial charge in [-0.2, -0.15) is 0 Å². The second-order valence-corrected chi connectivity index (χ2v) is 3.11. The number of hydrogen-bond donors (Lipinski definition) is 0. The number of aromatic nitrogens is 1. The molecule has 1 aromatic rings. The number of alkyl halides is 3. The van der Waals surface area contributed by atoms with Crippen molar-refractivity contribution in [3.63, 3.8) is 0 Å². The Morgan fingerprint density at radius 1 is 1.57 bits per heavy atom. The summed E-state index contributed by atoms with van der Waals surface area (Å²) in [6.45, 7) is 0. The first kappa shape index (κ1) is 11.3. The van der Waals surface area contributed by atoms with Crippen LogP contribution in [0.4, 0.5) is 8.78 Å². The average molecular weight is 240 g/mol. The molecule has 0 amide bonds. The van der Waals surface area contributed by atoms with Crippen LogP contribution >= 0.6 is 23.2 Å². The summed E-state index contributed by atoms with van der Waals surface area (Å²) in [4.78, 5) is 14.0. The third-order valence-electron chi connectivity index (χ3n) is 1.66. The van der Waals surface area contributed by atoms with Gasteiger partial charge in [0.1, 0.15) is 5.69 Å². The van der Waals surface area contributed by atoms with Crippen LogP contribution in [0.5, 0.6) is 0 Å². The van der Waals surface area contributed by atoms with Crippen molar-refractivity contribution in [3.8, 4) is 0 Å². The zero-order chi connectivity index (χ0) is 10.7. The second kappa shape index (κ2) is 4.66. The lowest BCUT2D eigenvalue weighted by atomic mass is 10.1. The van der Waals surface area contributed by atoms with Crippen LogP contribution in [0.2, 0.25) is 5.02 Å². The third-order valence-corrected chi connectivity index (χ3v) is 2.26. The molecule has 1 aromatic heterocycles. The topological polar surface area (TPSA) is 30.0 Å². The molecule has 14 heavy (non-hydrogen) atoms. The Hall–Kier alpha value is -0.740. The van der Waals surface area contributed by atoms with Crippen molar-refractivity contribution in [2.24, 2.45) is 0 Å². The molecule has 0 saturated heterocycles. The van der Waals surface area contributed by atoms with Gasteiger partial charge in [-0.05, 0) is 5.56 Å². The van der Waals surface area contributed by atoms with E-state index in [1.165, 1.54) is 0 Å². The van der Waals surface area contributed by atoms with E-state index in [4.69, 9.17) is 23.2 Å². The summed E-state index contributed by atoms with van der Waals surface area (Å²) in [5.74, 6) is -0.102. The lowest BCUT2D eigenvalue weighted by Gasteiger charge is -2.07. The Balaban J connectivity index is 3.40. The van der Waals surface area contributed by atoms with Crippen molar-refractivity contribution in [3.05, 3.63) is 28.0 Å². The number of carbonyl (C=O) groups is 1. The average Bonchev–Trinajstić information content (AvgIpc) is 2.16. The van der Waals surface area contributed by atoms with E-state index in [2.05, 4.69) is 4.98 Å². The highest BCUT2D eigenvalue weighted by Gasteiger charge is 2.19. The van der Waals surface area contributed by atoms with E-state index >= 15 is 0 Å². The first-order valence-electron chi connectivity index (χ1n) is 3.58. The fourth-order valence-corrected chi connectivity index (χ4v) is 1.57. The van der Waals surface area contributed by atoms with Crippen LogP contribution in [0.25, 0.3) is 0 Å². The summed E-state index contributed by atoms with van der Waals surface area (Å²) in [6, 6.07) is 0. The standard InChI is InChI=1S/C8H5Cl2F2NO/c9-1-4-5(3-14)7(8(11)12)13-2-6(4)10/h2-3,8H,1H2. The van der Waals surface area contributed by atoms with Gasteiger partial charge < -0.3 is 0 Å². The fourth-order valence-electron chi connectivity index (χ4n) is 0.998. The number of carbonyl (C=O) groups excluding carboxylic acids is 1. The van der Waals surface area contributed by atoms with Gasteiger partial charge in [0.05, 0.1) is 5.02 Å². The van der Waals surface area contributed by atoms with Crippen molar-refractivity contribution < 1.29 is 13.6 Å². The number of hydrogen-bond acceptors (Lipinski definition) is 2. The van der Waals surface area contributed by atoms with Crippen molar-refractivity contribution in [1.82, 2.24) is 4.98 Å². The number of aldehydes is 1. The van der Waals surface area contributed by atoms with Crippen LogP contribution in [-0.4, -0.2) is 11.3 Å². The van der Waals surface area contributed by atoms with Gasteiger partial charge in [0.15, 0.2) is 6.29 Å². The minimum Gasteiger partial charge on any atom is -0.298 e. The largest absolute Gasteiger partial charge is 0.298 e. The first-order chi connectivity index (χ1) is 6.61. The molecular formula is C8H5Cl2F2NO. The first-order valence-corrected chi connectivity index (χ1v) is 4.49. The van der Waals surface area contributed by atoms with E-state index in [0.717, 1.165) is 6.20 Å². The van der Waals surface area contributed by atoms with Gasteiger partial charge in [0.25, 0.3) is 6.43 Å². The van der Waals surface area contributed by atoms with Gasteiger partial charge in [-0.3, -0.25) is 9.78 Å². The Labute approximate surface area is 88.8 Å². The van der Waals surface area contributed by atoms with Gasteiger partial charge >= 0.3 is 0 Å². The van der Waals surface area contributed by atoms with Gasteiger partial charge in [-0.1, -0.05) is 11.6 Å². The van der Waals surface area contributed by atoms with Crippen molar-refractivity contribution in [2.75, 3.05) is 0 Å². The summed E-state index contributed by atoms with van der Waals surface area (Å²) < 4.78 is 24.7. The van der Waals surface area contributed by atoms with Gasteiger partial charge in [-0.25, -0.2) is 8.78 Å². The summed E-state index contributed by atoms with van der Waals surface area (Å²) in [5, 5.41) is 0.117. The SMILES string of the molecule is O=Cc1c(C(F)F)ncc(Cl)c1CCl. The Bertz CT molecular complexity index is 357. The number of pyridine rings is 1. The molecule has 0 bridgehead atoms. The maximum atomic E-state index is 12.4. The lowest BCUT2D eigenvalue weighted by molar-refractivity contribution is 0.110. The Kier molecular flexibility index (Phi) is 3.77. The molecule has 0 radical (unpaired) electrons. The summed E-state index contributed by atoms with van der Waals surface area (Å²) in [7, 11) is 0. The van der Waals surface area contributed by atoms with Crippen LogP contribution in [0, 0.1) is 0 Å². The zero-order valence-electron chi connectivity index (χ0n) is 6.81. The molecule has 0 aliphatic heterocycles. The van der Waals surface area contributed by atoms with Crippen LogP contribution in [-0.2, 0) is 5.88 Å².